The predicted molar refractivity (Wildman–Crippen MR) is 122 cm³/mol. The van der Waals surface area contributed by atoms with Gasteiger partial charge in [0.1, 0.15) is 5.58 Å². The number of aryl methyl sites for hydroxylation is 1. The van der Waals surface area contributed by atoms with Crippen molar-refractivity contribution in [3.63, 3.8) is 0 Å². The molecule has 0 bridgehead atoms. The summed E-state index contributed by atoms with van der Waals surface area (Å²) in [4.78, 5) is 28.2. The lowest BCUT2D eigenvalue weighted by atomic mass is 9.78. The number of amides is 2. The van der Waals surface area contributed by atoms with E-state index >= 15 is 0 Å². The van der Waals surface area contributed by atoms with Gasteiger partial charge in [0, 0.05) is 35.9 Å². The summed E-state index contributed by atoms with van der Waals surface area (Å²) >= 11 is 0. The van der Waals surface area contributed by atoms with Crippen LogP contribution in [0, 0.1) is 5.92 Å². The van der Waals surface area contributed by atoms with Gasteiger partial charge in [0.25, 0.3) is 5.91 Å². The molecular formula is C27H28N2O3. The van der Waals surface area contributed by atoms with Crippen LogP contribution in [0.25, 0.3) is 11.0 Å². The summed E-state index contributed by atoms with van der Waals surface area (Å²) in [6.07, 6.45) is 6.16. The van der Waals surface area contributed by atoms with E-state index in [1.165, 1.54) is 11.1 Å². The number of hydrogen-bond acceptors (Lipinski definition) is 3. The van der Waals surface area contributed by atoms with Gasteiger partial charge < -0.3 is 14.6 Å². The number of nitrogens with one attached hydrogen (secondary N) is 1. The quantitative estimate of drug-likeness (QED) is 0.671. The summed E-state index contributed by atoms with van der Waals surface area (Å²) in [5.74, 6) is 0.484. The number of nitrogens with zero attached hydrogens (tertiary/aromatic N) is 1. The maximum Gasteiger partial charge on any atom is 0.287 e. The van der Waals surface area contributed by atoms with Crippen molar-refractivity contribution in [1.82, 2.24) is 10.2 Å². The molecule has 2 amide bonds. The molecule has 1 N–H and O–H groups in total. The fourth-order valence-electron chi connectivity index (χ4n) is 6.02. The first kappa shape index (κ1) is 19.6. The third kappa shape index (κ3) is 3.22. The molecule has 32 heavy (non-hydrogen) atoms. The van der Waals surface area contributed by atoms with Crippen molar-refractivity contribution in [1.29, 1.82) is 0 Å². The van der Waals surface area contributed by atoms with Gasteiger partial charge in [-0.3, -0.25) is 9.59 Å². The molecule has 2 aliphatic carbocycles. The Kier molecular flexibility index (Phi) is 4.60. The molecule has 3 aromatic rings. The van der Waals surface area contributed by atoms with Crippen molar-refractivity contribution in [2.45, 2.75) is 50.0 Å². The Morgan fingerprint density at radius 3 is 2.81 bits per heavy atom. The average Bonchev–Trinajstić information content (AvgIpc) is 3.35. The Labute approximate surface area is 187 Å². The molecular weight excluding hydrogens is 400 g/mol. The molecule has 3 atom stereocenters. The molecule has 1 saturated carbocycles. The molecule has 1 saturated heterocycles. The van der Waals surface area contributed by atoms with Crippen LogP contribution >= 0.6 is 0 Å². The van der Waals surface area contributed by atoms with E-state index in [-0.39, 0.29) is 29.2 Å². The molecule has 1 spiro atoms. The van der Waals surface area contributed by atoms with Gasteiger partial charge in [-0.05, 0) is 61.8 Å². The SMILES string of the molecule is O=C(NC1CCCN(C(=O)C2CC23CCCc2ccccc23)C1)c1cc2ccccc2o1. The topological polar surface area (TPSA) is 62.6 Å². The maximum absolute atomic E-state index is 13.5. The Balaban J connectivity index is 1.13. The lowest BCUT2D eigenvalue weighted by Gasteiger charge is -2.34. The number of carbonyl (C=O) groups excluding carboxylic acids is 2. The largest absolute Gasteiger partial charge is 0.451 e. The van der Waals surface area contributed by atoms with Gasteiger partial charge in [0.05, 0.1) is 0 Å². The van der Waals surface area contributed by atoms with Crippen LogP contribution in [0.3, 0.4) is 0 Å². The summed E-state index contributed by atoms with van der Waals surface area (Å²) in [5, 5.41) is 4.02. The van der Waals surface area contributed by atoms with Crippen LogP contribution in [0.1, 0.15) is 53.8 Å². The van der Waals surface area contributed by atoms with Crippen LogP contribution in [0.2, 0.25) is 0 Å². The van der Waals surface area contributed by atoms with Gasteiger partial charge in [0.15, 0.2) is 5.76 Å². The summed E-state index contributed by atoms with van der Waals surface area (Å²) < 4.78 is 5.71. The number of likely N-dealkylation sites (tertiary alicyclic amines) is 1. The standard InChI is InChI=1S/C27H28N2O3/c30-25(24-15-19-8-2-4-12-23(19)32-24)28-20-10-6-14-29(17-20)26(31)22-16-27(22)13-5-9-18-7-1-3-11-21(18)27/h1-4,7-8,11-12,15,20,22H,5-6,9-10,13-14,16-17H2,(H,28,30). The van der Waals surface area contributed by atoms with E-state index in [4.69, 9.17) is 4.42 Å². The molecule has 2 fully saturated rings. The maximum atomic E-state index is 13.5. The van der Waals surface area contributed by atoms with Gasteiger partial charge in [-0.2, -0.15) is 0 Å². The van der Waals surface area contributed by atoms with Crippen LogP contribution in [-0.2, 0) is 16.6 Å². The van der Waals surface area contributed by atoms with Gasteiger partial charge >= 0.3 is 0 Å². The smallest absolute Gasteiger partial charge is 0.287 e. The Bertz CT molecular complexity index is 1170. The Hall–Kier alpha value is -3.08. The molecule has 3 aliphatic rings. The monoisotopic (exact) mass is 428 g/mol. The van der Waals surface area contributed by atoms with Gasteiger partial charge in [0.2, 0.25) is 5.91 Å². The molecule has 1 aliphatic heterocycles. The zero-order valence-electron chi connectivity index (χ0n) is 18.2. The van der Waals surface area contributed by atoms with Crippen molar-refractivity contribution >= 4 is 22.8 Å². The minimum Gasteiger partial charge on any atom is -0.451 e. The van der Waals surface area contributed by atoms with Crippen LogP contribution in [0.15, 0.2) is 59.0 Å². The molecule has 164 valence electrons. The second kappa shape index (κ2) is 7.51. The number of furan rings is 1. The number of hydrogen-bond donors (Lipinski definition) is 1. The first-order chi connectivity index (χ1) is 15.6. The third-order valence-electron chi connectivity index (χ3n) is 7.71. The van der Waals surface area contributed by atoms with Gasteiger partial charge in [-0.1, -0.05) is 42.5 Å². The molecule has 6 rings (SSSR count). The zero-order valence-corrected chi connectivity index (χ0v) is 18.2. The zero-order chi connectivity index (χ0) is 21.7. The molecule has 2 aromatic carbocycles. The fraction of sp³-hybridized carbons (Fsp3) is 0.407. The van der Waals surface area contributed by atoms with E-state index in [1.54, 1.807) is 6.07 Å². The summed E-state index contributed by atoms with van der Waals surface area (Å²) in [5.41, 5.74) is 3.58. The number of rotatable bonds is 3. The molecule has 1 aromatic heterocycles. The fourth-order valence-corrected chi connectivity index (χ4v) is 6.02. The van der Waals surface area contributed by atoms with E-state index in [9.17, 15) is 9.59 Å². The van der Waals surface area contributed by atoms with E-state index in [1.807, 2.05) is 29.2 Å². The molecule has 0 radical (unpaired) electrons. The highest BCUT2D eigenvalue weighted by molar-refractivity contribution is 5.96. The average molecular weight is 429 g/mol. The van der Waals surface area contributed by atoms with E-state index in [2.05, 4.69) is 29.6 Å². The minimum atomic E-state index is -0.204. The van der Waals surface area contributed by atoms with Crippen molar-refractivity contribution in [3.05, 3.63) is 71.5 Å². The van der Waals surface area contributed by atoms with Crippen molar-refractivity contribution < 1.29 is 14.0 Å². The summed E-state index contributed by atoms with van der Waals surface area (Å²) in [6.45, 7) is 1.36. The van der Waals surface area contributed by atoms with Crippen LogP contribution in [-0.4, -0.2) is 35.8 Å². The highest BCUT2D eigenvalue weighted by Gasteiger charge is 2.61. The predicted octanol–water partition coefficient (Wildman–Crippen LogP) is 4.45. The van der Waals surface area contributed by atoms with Crippen molar-refractivity contribution in [2.24, 2.45) is 5.92 Å². The molecule has 3 unspecified atom stereocenters. The molecule has 5 heteroatoms. The lowest BCUT2D eigenvalue weighted by molar-refractivity contribution is -0.134. The number of benzene rings is 2. The third-order valence-corrected chi connectivity index (χ3v) is 7.71. The van der Waals surface area contributed by atoms with E-state index in [0.29, 0.717) is 17.9 Å². The van der Waals surface area contributed by atoms with Gasteiger partial charge in [-0.15, -0.1) is 0 Å². The molecule has 5 nitrogen and oxygen atoms in total. The number of piperidine rings is 1. The first-order valence-electron chi connectivity index (χ1n) is 11.8. The summed E-state index contributed by atoms with van der Waals surface area (Å²) in [6, 6.07) is 18.0. The minimum absolute atomic E-state index is 0.0400. The van der Waals surface area contributed by atoms with Crippen molar-refractivity contribution in [3.8, 4) is 0 Å². The number of para-hydroxylation sites is 1. The molecule has 2 heterocycles. The Morgan fingerprint density at radius 1 is 1.06 bits per heavy atom. The van der Waals surface area contributed by atoms with Crippen LogP contribution in [0.5, 0.6) is 0 Å². The highest BCUT2D eigenvalue weighted by Crippen LogP contribution is 2.60. The van der Waals surface area contributed by atoms with E-state index < -0.39 is 0 Å². The lowest BCUT2D eigenvalue weighted by Crippen LogP contribution is -2.50. The Morgan fingerprint density at radius 2 is 1.91 bits per heavy atom. The second-order valence-electron chi connectivity index (χ2n) is 9.67. The summed E-state index contributed by atoms with van der Waals surface area (Å²) in [7, 11) is 0. The van der Waals surface area contributed by atoms with E-state index in [0.717, 1.165) is 50.5 Å². The van der Waals surface area contributed by atoms with Crippen LogP contribution < -0.4 is 5.32 Å². The normalized spacial score (nSPS) is 26.7. The van der Waals surface area contributed by atoms with Crippen molar-refractivity contribution in [2.75, 3.05) is 13.1 Å². The number of fused-ring (bicyclic) bond motifs is 3. The second-order valence-corrected chi connectivity index (χ2v) is 9.67. The highest BCUT2D eigenvalue weighted by atomic mass is 16.3. The van der Waals surface area contributed by atoms with Gasteiger partial charge in [-0.25, -0.2) is 0 Å². The number of carbonyl (C=O) groups is 2. The first-order valence-corrected chi connectivity index (χ1v) is 11.8. The van der Waals surface area contributed by atoms with Crippen LogP contribution in [0.4, 0.5) is 0 Å².